The Morgan fingerprint density at radius 3 is 2.72 bits per heavy atom. The maximum atomic E-state index is 13.1. The summed E-state index contributed by atoms with van der Waals surface area (Å²) in [4.78, 5) is 34.8. The average Bonchev–Trinajstić information content (AvgIpc) is 3.17. The van der Waals surface area contributed by atoms with Gasteiger partial charge in [-0.1, -0.05) is 41.9 Å². The second kappa shape index (κ2) is 8.63. The van der Waals surface area contributed by atoms with Gasteiger partial charge in [-0.05, 0) is 17.7 Å². The van der Waals surface area contributed by atoms with Crippen LogP contribution in [-0.2, 0) is 16.0 Å². The number of morpholine rings is 1. The Balaban J connectivity index is 1.55. The minimum Gasteiger partial charge on any atom is -0.378 e. The van der Waals surface area contributed by atoms with Crippen molar-refractivity contribution in [3.63, 3.8) is 0 Å². The van der Waals surface area contributed by atoms with Crippen LogP contribution in [0.15, 0.2) is 48.7 Å². The van der Waals surface area contributed by atoms with Crippen LogP contribution in [0.1, 0.15) is 16.1 Å². The number of benzene rings is 1. The number of fused-ring (bicyclic) bond motifs is 1. The van der Waals surface area contributed by atoms with E-state index in [1.165, 1.54) is 0 Å². The SMILES string of the molecule is O=C(N[C@@H](Cc1ccccc1)C(=O)N1CCOCC1)c1cc2cc(Cl)ncc2[nH]1. The normalized spacial score (nSPS) is 15.3. The fourth-order valence-corrected chi connectivity index (χ4v) is 3.58. The number of hydrogen-bond donors (Lipinski definition) is 2. The third-order valence-corrected chi connectivity index (χ3v) is 5.13. The summed E-state index contributed by atoms with van der Waals surface area (Å²) < 4.78 is 5.34. The van der Waals surface area contributed by atoms with Crippen LogP contribution in [0.5, 0.6) is 0 Å². The zero-order chi connectivity index (χ0) is 20.2. The lowest BCUT2D eigenvalue weighted by atomic mass is 10.0. The molecule has 1 fully saturated rings. The highest BCUT2D eigenvalue weighted by atomic mass is 35.5. The number of nitrogens with one attached hydrogen (secondary N) is 2. The van der Waals surface area contributed by atoms with E-state index in [1.54, 1.807) is 23.2 Å². The lowest BCUT2D eigenvalue weighted by molar-refractivity contribution is -0.137. The Morgan fingerprint density at radius 2 is 1.97 bits per heavy atom. The first-order valence-electron chi connectivity index (χ1n) is 9.46. The molecule has 7 nitrogen and oxygen atoms in total. The number of nitrogens with zero attached hydrogens (tertiary/aromatic N) is 2. The van der Waals surface area contributed by atoms with Crippen molar-refractivity contribution in [2.75, 3.05) is 26.3 Å². The number of amides is 2. The first kappa shape index (κ1) is 19.4. The van der Waals surface area contributed by atoms with Gasteiger partial charge in [0.05, 0.1) is 24.9 Å². The summed E-state index contributed by atoms with van der Waals surface area (Å²) in [6.45, 7) is 2.06. The molecule has 2 amide bonds. The molecule has 8 heteroatoms. The van der Waals surface area contributed by atoms with Crippen LogP contribution in [0.25, 0.3) is 10.9 Å². The number of halogens is 1. The van der Waals surface area contributed by atoms with Crippen molar-refractivity contribution < 1.29 is 14.3 Å². The second-order valence-corrected chi connectivity index (χ2v) is 7.32. The van der Waals surface area contributed by atoms with Crippen molar-refractivity contribution in [3.05, 3.63) is 65.1 Å². The van der Waals surface area contributed by atoms with Crippen molar-refractivity contribution >= 4 is 34.3 Å². The van der Waals surface area contributed by atoms with Gasteiger partial charge in [-0.15, -0.1) is 0 Å². The fraction of sp³-hybridized carbons (Fsp3) is 0.286. The Labute approximate surface area is 173 Å². The number of carbonyl (C=O) groups is 2. The monoisotopic (exact) mass is 412 g/mol. The first-order valence-corrected chi connectivity index (χ1v) is 9.83. The summed E-state index contributed by atoms with van der Waals surface area (Å²) in [5.41, 5.74) is 2.04. The van der Waals surface area contributed by atoms with E-state index in [0.717, 1.165) is 10.9 Å². The van der Waals surface area contributed by atoms with Gasteiger partial charge >= 0.3 is 0 Å². The minimum absolute atomic E-state index is 0.105. The van der Waals surface area contributed by atoms with E-state index in [2.05, 4.69) is 15.3 Å². The Morgan fingerprint density at radius 1 is 1.21 bits per heavy atom. The number of H-pyrrole nitrogens is 1. The number of aromatic nitrogens is 2. The summed E-state index contributed by atoms with van der Waals surface area (Å²) in [6.07, 6.45) is 1.99. The van der Waals surface area contributed by atoms with E-state index < -0.39 is 6.04 Å². The highest BCUT2D eigenvalue weighted by molar-refractivity contribution is 6.30. The molecule has 1 atom stereocenters. The number of pyridine rings is 1. The Kier molecular flexibility index (Phi) is 5.78. The van der Waals surface area contributed by atoms with E-state index in [1.807, 2.05) is 30.3 Å². The molecular weight excluding hydrogens is 392 g/mol. The third-order valence-electron chi connectivity index (χ3n) is 4.93. The van der Waals surface area contributed by atoms with Crippen LogP contribution in [0.2, 0.25) is 5.15 Å². The molecule has 0 radical (unpaired) electrons. The van der Waals surface area contributed by atoms with Gasteiger partial charge < -0.3 is 19.9 Å². The molecule has 29 heavy (non-hydrogen) atoms. The highest BCUT2D eigenvalue weighted by Gasteiger charge is 2.28. The van der Waals surface area contributed by atoms with Crippen LogP contribution in [-0.4, -0.2) is 59.0 Å². The highest BCUT2D eigenvalue weighted by Crippen LogP contribution is 2.18. The molecule has 3 heterocycles. The van der Waals surface area contributed by atoms with Gasteiger partial charge in [0.15, 0.2) is 0 Å². The third kappa shape index (κ3) is 4.58. The first-order chi connectivity index (χ1) is 14.1. The standard InChI is InChI=1S/C21H21ClN4O3/c22-19-12-15-11-16(24-18(15)13-23-19)20(27)25-17(10-14-4-2-1-3-5-14)21(28)26-6-8-29-9-7-26/h1-5,11-13,17,24H,6-10H2,(H,25,27)/t17-/m0/s1. The lowest BCUT2D eigenvalue weighted by Gasteiger charge is -2.30. The van der Waals surface area contributed by atoms with Gasteiger partial charge in [0.1, 0.15) is 16.9 Å². The minimum atomic E-state index is -0.670. The average molecular weight is 413 g/mol. The van der Waals surface area contributed by atoms with Crippen molar-refractivity contribution in [1.29, 1.82) is 0 Å². The van der Waals surface area contributed by atoms with E-state index in [9.17, 15) is 9.59 Å². The van der Waals surface area contributed by atoms with Gasteiger partial charge in [-0.25, -0.2) is 4.98 Å². The summed E-state index contributed by atoms with van der Waals surface area (Å²) in [7, 11) is 0. The van der Waals surface area contributed by atoms with Crippen LogP contribution >= 0.6 is 11.6 Å². The van der Waals surface area contributed by atoms with Crippen LogP contribution in [0.3, 0.4) is 0 Å². The van der Waals surface area contributed by atoms with E-state index >= 15 is 0 Å². The zero-order valence-corrected chi connectivity index (χ0v) is 16.5. The predicted octanol–water partition coefficient (Wildman–Crippen LogP) is 2.42. The summed E-state index contributed by atoms with van der Waals surface area (Å²) >= 11 is 5.92. The molecule has 150 valence electrons. The smallest absolute Gasteiger partial charge is 0.268 e. The number of hydrogen-bond acceptors (Lipinski definition) is 4. The van der Waals surface area contributed by atoms with Crippen LogP contribution in [0.4, 0.5) is 0 Å². The molecule has 4 rings (SSSR count). The lowest BCUT2D eigenvalue weighted by Crippen LogP contribution is -2.52. The molecule has 1 aliphatic heterocycles. The predicted molar refractivity (Wildman–Crippen MR) is 110 cm³/mol. The fourth-order valence-electron chi connectivity index (χ4n) is 3.42. The summed E-state index contributed by atoms with van der Waals surface area (Å²) in [5, 5.41) is 4.04. The maximum absolute atomic E-state index is 13.1. The van der Waals surface area contributed by atoms with Crippen molar-refractivity contribution in [2.45, 2.75) is 12.5 Å². The van der Waals surface area contributed by atoms with Crippen LogP contribution in [0, 0.1) is 0 Å². The summed E-state index contributed by atoms with van der Waals surface area (Å²) in [6, 6.07) is 12.4. The molecule has 0 spiro atoms. The van der Waals surface area contributed by atoms with Crippen molar-refractivity contribution in [3.8, 4) is 0 Å². The second-order valence-electron chi connectivity index (χ2n) is 6.93. The number of ether oxygens (including phenoxy) is 1. The molecular formula is C21H21ClN4O3. The zero-order valence-electron chi connectivity index (χ0n) is 15.7. The molecule has 0 saturated carbocycles. The molecule has 0 unspecified atom stereocenters. The van der Waals surface area contributed by atoms with Crippen molar-refractivity contribution in [2.24, 2.45) is 0 Å². The van der Waals surface area contributed by atoms with Gasteiger partial charge in [-0.2, -0.15) is 0 Å². The van der Waals surface area contributed by atoms with Gasteiger partial charge in [0.2, 0.25) is 5.91 Å². The van der Waals surface area contributed by atoms with Gasteiger partial charge in [0, 0.05) is 24.9 Å². The van der Waals surface area contributed by atoms with Crippen LogP contribution < -0.4 is 5.32 Å². The van der Waals surface area contributed by atoms with Crippen molar-refractivity contribution in [1.82, 2.24) is 20.2 Å². The quantitative estimate of drug-likeness (QED) is 0.630. The van der Waals surface area contributed by atoms with E-state index in [0.29, 0.717) is 49.1 Å². The number of aromatic amines is 1. The molecule has 2 aromatic heterocycles. The number of carbonyl (C=O) groups excluding carboxylic acids is 2. The summed E-state index contributed by atoms with van der Waals surface area (Å²) in [5.74, 6) is -0.453. The van der Waals surface area contributed by atoms with Gasteiger partial charge in [-0.3, -0.25) is 9.59 Å². The van der Waals surface area contributed by atoms with Gasteiger partial charge in [0.25, 0.3) is 5.91 Å². The largest absolute Gasteiger partial charge is 0.378 e. The topological polar surface area (TPSA) is 87.3 Å². The van der Waals surface area contributed by atoms with E-state index in [-0.39, 0.29) is 11.8 Å². The van der Waals surface area contributed by atoms with E-state index in [4.69, 9.17) is 16.3 Å². The Hall–Kier alpha value is -2.90. The number of rotatable bonds is 5. The molecule has 0 aliphatic carbocycles. The molecule has 1 saturated heterocycles. The molecule has 1 aliphatic rings. The molecule has 3 aromatic rings. The molecule has 1 aromatic carbocycles. The Bertz CT molecular complexity index is 1020. The maximum Gasteiger partial charge on any atom is 0.268 e. The molecule has 0 bridgehead atoms. The molecule has 2 N–H and O–H groups in total.